The molecule has 0 bridgehead atoms. The minimum absolute atomic E-state index is 0.0208. The molecule has 2 heterocycles. The summed E-state index contributed by atoms with van der Waals surface area (Å²) in [6.45, 7) is -0.452. The number of hydrogen-bond acceptors (Lipinski definition) is 5. The Bertz CT molecular complexity index is 1070. The fraction of sp³-hybridized carbons (Fsp3) is 0.333. The topological polar surface area (TPSA) is 74.8 Å². The molecule has 4 atom stereocenters. The Kier molecular flexibility index (Phi) is 7.12. The van der Waals surface area contributed by atoms with Gasteiger partial charge in [-0.15, -0.1) is 11.3 Å². The minimum Gasteiger partial charge on any atom is -0.291 e. The Labute approximate surface area is 215 Å². The first kappa shape index (κ1) is 23.9. The summed E-state index contributed by atoms with van der Waals surface area (Å²) in [7, 11) is 0. The van der Waals surface area contributed by atoms with Crippen molar-refractivity contribution in [2.45, 2.75) is 22.5 Å². The molecule has 1 saturated carbocycles. The van der Waals surface area contributed by atoms with Gasteiger partial charge in [0, 0.05) is 15.2 Å². The fourth-order valence-corrected chi connectivity index (χ4v) is 6.17. The number of hydrazine groups is 1. The average Bonchev–Trinajstić information content (AvgIpc) is 3.37. The van der Waals surface area contributed by atoms with Crippen LogP contribution in [0.4, 0.5) is 0 Å². The van der Waals surface area contributed by atoms with E-state index in [1.54, 1.807) is 17.5 Å². The molecule has 2 aliphatic rings. The van der Waals surface area contributed by atoms with Gasteiger partial charge < -0.3 is 0 Å². The van der Waals surface area contributed by atoms with Crippen molar-refractivity contribution >= 4 is 89.9 Å². The summed E-state index contributed by atoms with van der Waals surface area (Å²) < 4.78 is 0. The zero-order valence-corrected chi connectivity index (χ0v) is 21.8. The number of Topliss-reactive ketones (excluding diaryl/α,β-unsaturated/α-hetero) is 1. The van der Waals surface area contributed by atoms with Gasteiger partial charge in [0.1, 0.15) is 6.54 Å². The predicted molar refractivity (Wildman–Crippen MR) is 130 cm³/mol. The second-order valence-corrected chi connectivity index (χ2v) is 11.7. The molecule has 168 valence electrons. The molecule has 1 saturated heterocycles. The highest BCUT2D eigenvalue weighted by atomic mass is 79.9. The third kappa shape index (κ3) is 4.42. The number of benzene rings is 1. The monoisotopic (exact) mass is 620 g/mol. The smallest absolute Gasteiger partial charge is 0.273 e. The van der Waals surface area contributed by atoms with E-state index in [-0.39, 0.29) is 31.0 Å². The van der Waals surface area contributed by atoms with Gasteiger partial charge in [-0.05, 0) is 42.5 Å². The van der Waals surface area contributed by atoms with Crippen molar-refractivity contribution in [3.8, 4) is 0 Å². The van der Waals surface area contributed by atoms with Crippen molar-refractivity contribution < 1.29 is 19.2 Å². The number of hydrogen-bond donors (Lipinski definition) is 0. The molecule has 0 N–H and O–H groups in total. The molecule has 1 aromatic heterocycles. The molecule has 2 fully saturated rings. The van der Waals surface area contributed by atoms with E-state index < -0.39 is 36.1 Å². The Morgan fingerprint density at radius 1 is 1.03 bits per heavy atom. The third-order valence-corrected chi connectivity index (χ3v) is 10.0. The van der Waals surface area contributed by atoms with Gasteiger partial charge in [0.05, 0.1) is 26.8 Å². The lowest BCUT2D eigenvalue weighted by atomic mass is 9.81. The maximum absolute atomic E-state index is 13.4. The van der Waals surface area contributed by atoms with Crippen LogP contribution in [-0.2, 0) is 9.59 Å². The molecule has 0 unspecified atom stereocenters. The molecule has 4 rings (SSSR count). The summed E-state index contributed by atoms with van der Waals surface area (Å²) in [5, 5.41) is 3.95. The molecule has 0 radical (unpaired) electrons. The predicted octanol–water partition coefficient (Wildman–Crippen LogP) is 5.22. The van der Waals surface area contributed by atoms with E-state index in [4.69, 9.17) is 23.2 Å². The Hall–Kier alpha value is -1.26. The summed E-state index contributed by atoms with van der Waals surface area (Å²) in [5.41, 5.74) is 0.116. The van der Waals surface area contributed by atoms with Gasteiger partial charge in [-0.3, -0.25) is 19.2 Å². The quantitative estimate of drug-likeness (QED) is 0.261. The van der Waals surface area contributed by atoms with Crippen LogP contribution in [0.5, 0.6) is 0 Å². The van der Waals surface area contributed by atoms with Gasteiger partial charge in [-0.2, -0.15) is 5.01 Å². The highest BCUT2D eigenvalue weighted by molar-refractivity contribution is 9.12. The molecule has 3 amide bonds. The number of rotatable bonds is 5. The maximum Gasteiger partial charge on any atom is 0.273 e. The molecule has 1 aliphatic heterocycles. The fourth-order valence-electron chi connectivity index (χ4n) is 3.98. The number of fused-ring (bicyclic) bond motifs is 1. The average molecular weight is 623 g/mol. The molecule has 1 aromatic carbocycles. The number of carbonyl (C=O) groups is 4. The van der Waals surface area contributed by atoms with Crippen LogP contribution in [0.25, 0.3) is 0 Å². The van der Waals surface area contributed by atoms with Crippen LogP contribution < -0.4 is 0 Å². The summed E-state index contributed by atoms with van der Waals surface area (Å²) in [6, 6.07) is 7.61. The number of imide groups is 1. The van der Waals surface area contributed by atoms with Gasteiger partial charge in [0.15, 0.2) is 5.78 Å². The zero-order valence-electron chi connectivity index (χ0n) is 16.3. The van der Waals surface area contributed by atoms with Crippen LogP contribution in [0.15, 0.2) is 35.7 Å². The van der Waals surface area contributed by atoms with Gasteiger partial charge in [0.2, 0.25) is 0 Å². The number of ketones is 1. The third-order valence-electron chi connectivity index (χ3n) is 5.62. The van der Waals surface area contributed by atoms with Crippen molar-refractivity contribution in [2.75, 3.05) is 6.54 Å². The highest BCUT2D eigenvalue weighted by Crippen LogP contribution is 2.43. The number of alkyl halides is 2. The number of thiophene rings is 1. The molecule has 1 aliphatic carbocycles. The van der Waals surface area contributed by atoms with E-state index in [9.17, 15) is 19.2 Å². The van der Waals surface area contributed by atoms with Gasteiger partial charge in [-0.1, -0.05) is 61.1 Å². The van der Waals surface area contributed by atoms with E-state index in [0.717, 1.165) is 10.0 Å². The van der Waals surface area contributed by atoms with Crippen molar-refractivity contribution in [1.29, 1.82) is 0 Å². The van der Waals surface area contributed by atoms with Gasteiger partial charge in [0.25, 0.3) is 17.7 Å². The number of carbonyl (C=O) groups excluding carboxylic acids is 4. The SMILES string of the molecule is O=C(CN(C(=O)c1ccc(Cl)c(Cl)c1)N1C(=O)[C@H]2C[C@H](Br)[C@@H](Br)C[C@H]2C1=O)c1cccs1. The van der Waals surface area contributed by atoms with Crippen LogP contribution in [-0.4, -0.2) is 49.7 Å². The van der Waals surface area contributed by atoms with E-state index in [1.165, 1.54) is 29.5 Å². The molecular weight excluding hydrogens is 607 g/mol. The highest BCUT2D eigenvalue weighted by Gasteiger charge is 2.54. The van der Waals surface area contributed by atoms with Crippen molar-refractivity contribution in [2.24, 2.45) is 11.8 Å². The Morgan fingerprint density at radius 3 is 2.19 bits per heavy atom. The van der Waals surface area contributed by atoms with Crippen LogP contribution in [0.1, 0.15) is 32.9 Å². The van der Waals surface area contributed by atoms with E-state index in [1.807, 2.05) is 0 Å². The first-order chi connectivity index (χ1) is 15.2. The summed E-state index contributed by atoms with van der Waals surface area (Å²) in [4.78, 5) is 53.3. The van der Waals surface area contributed by atoms with Crippen LogP contribution in [0.2, 0.25) is 10.0 Å². The van der Waals surface area contributed by atoms with Crippen molar-refractivity contribution in [3.05, 3.63) is 56.2 Å². The number of amides is 3. The molecular formula is C21H16Br2Cl2N2O4S. The summed E-state index contributed by atoms with van der Waals surface area (Å²) in [6.07, 6.45) is 0.907. The molecule has 11 heteroatoms. The second kappa shape index (κ2) is 9.54. The molecule has 2 aromatic rings. The maximum atomic E-state index is 13.4. The standard InChI is InChI=1S/C21H16Br2Cl2N2O4S/c22-13-7-11-12(8-14(13)23)21(31)27(20(11)30)26(9-17(28)18-2-1-5-32-18)19(29)10-3-4-15(24)16(25)6-10/h1-6,11-14H,7-9H2/t11-,12+,13-,14-/m0/s1. The summed E-state index contributed by atoms with van der Waals surface area (Å²) >= 11 is 20.4. The van der Waals surface area contributed by atoms with Crippen molar-refractivity contribution in [1.82, 2.24) is 10.0 Å². The lowest BCUT2D eigenvalue weighted by Crippen LogP contribution is -2.52. The van der Waals surface area contributed by atoms with Crippen LogP contribution in [0, 0.1) is 11.8 Å². The van der Waals surface area contributed by atoms with Gasteiger partial charge >= 0.3 is 0 Å². The normalized spacial score (nSPS) is 25.1. The largest absolute Gasteiger partial charge is 0.291 e. The first-order valence-corrected chi connectivity index (χ1v) is 13.1. The second-order valence-electron chi connectivity index (χ2n) is 7.60. The first-order valence-electron chi connectivity index (χ1n) is 9.68. The molecule has 6 nitrogen and oxygen atoms in total. The Morgan fingerprint density at radius 2 is 1.66 bits per heavy atom. The number of halogens is 4. The van der Waals surface area contributed by atoms with E-state index in [0.29, 0.717) is 17.7 Å². The van der Waals surface area contributed by atoms with Crippen LogP contribution >= 0.6 is 66.4 Å². The molecule has 0 spiro atoms. The number of nitrogens with zero attached hydrogens (tertiary/aromatic N) is 2. The van der Waals surface area contributed by atoms with Gasteiger partial charge in [-0.25, -0.2) is 5.01 Å². The summed E-state index contributed by atoms with van der Waals surface area (Å²) in [5.74, 6) is -3.11. The van der Waals surface area contributed by atoms with E-state index in [2.05, 4.69) is 31.9 Å². The minimum atomic E-state index is -0.681. The zero-order chi connectivity index (χ0) is 23.2. The lowest BCUT2D eigenvalue weighted by Gasteiger charge is -2.30. The van der Waals surface area contributed by atoms with E-state index >= 15 is 0 Å². The molecule has 32 heavy (non-hydrogen) atoms. The van der Waals surface area contributed by atoms with Crippen LogP contribution in [0.3, 0.4) is 0 Å². The van der Waals surface area contributed by atoms with Crippen molar-refractivity contribution in [3.63, 3.8) is 0 Å². The lowest BCUT2D eigenvalue weighted by molar-refractivity contribution is -0.154. The Balaban J connectivity index is 1.70.